The molecule has 4 N–H and O–H groups in total. The van der Waals surface area contributed by atoms with Crippen molar-refractivity contribution in [3.8, 4) is 11.1 Å². The molecule has 1 aromatic heterocycles. The fourth-order valence-electron chi connectivity index (χ4n) is 3.87. The van der Waals surface area contributed by atoms with Crippen molar-refractivity contribution in [3.05, 3.63) is 78.2 Å². The van der Waals surface area contributed by atoms with Crippen molar-refractivity contribution in [3.63, 3.8) is 0 Å². The molecule has 1 aliphatic heterocycles. The second-order valence-corrected chi connectivity index (χ2v) is 8.30. The fraction of sp³-hybridized carbons (Fsp3) is 0.269. The molecule has 0 unspecified atom stereocenters. The van der Waals surface area contributed by atoms with E-state index in [0.717, 1.165) is 11.1 Å². The average molecular weight is 477 g/mol. The van der Waals surface area contributed by atoms with Gasteiger partial charge in [-0.3, -0.25) is 4.79 Å². The molecule has 0 radical (unpaired) electrons. The van der Waals surface area contributed by atoms with Gasteiger partial charge in [-0.05, 0) is 37.1 Å². The van der Waals surface area contributed by atoms with Gasteiger partial charge in [0.25, 0.3) is 0 Å². The van der Waals surface area contributed by atoms with E-state index in [1.54, 1.807) is 26.0 Å². The first-order valence-corrected chi connectivity index (χ1v) is 11.3. The van der Waals surface area contributed by atoms with E-state index in [4.69, 9.17) is 9.26 Å². The maximum Gasteiger partial charge on any atom is 0.319 e. The molecule has 0 bridgehead atoms. The van der Waals surface area contributed by atoms with Crippen LogP contribution < -0.4 is 16.0 Å². The lowest BCUT2D eigenvalue weighted by molar-refractivity contribution is -0.120. The van der Waals surface area contributed by atoms with Gasteiger partial charge in [0.2, 0.25) is 5.91 Å². The summed E-state index contributed by atoms with van der Waals surface area (Å²) in [7, 11) is 0. The quantitative estimate of drug-likeness (QED) is 0.385. The number of aliphatic hydroxyl groups is 1. The molecule has 4 rings (SSSR count). The largest absolute Gasteiger partial charge is 0.394 e. The van der Waals surface area contributed by atoms with Crippen molar-refractivity contribution in [1.82, 2.24) is 10.5 Å². The Balaban J connectivity index is 1.30. The number of carbonyl (C=O) groups is 2. The van der Waals surface area contributed by atoms with E-state index < -0.39 is 24.3 Å². The Morgan fingerprint density at radius 2 is 1.69 bits per heavy atom. The van der Waals surface area contributed by atoms with E-state index in [1.807, 2.05) is 54.6 Å². The van der Waals surface area contributed by atoms with E-state index in [-0.39, 0.29) is 18.9 Å². The van der Waals surface area contributed by atoms with Gasteiger partial charge in [0.15, 0.2) is 5.76 Å². The molecule has 1 aliphatic rings. The predicted molar refractivity (Wildman–Crippen MR) is 132 cm³/mol. The minimum Gasteiger partial charge on any atom is -0.394 e. The van der Waals surface area contributed by atoms with Crippen LogP contribution in [0, 0.1) is 13.8 Å². The molecule has 9 heteroatoms. The number of hydrogen-bond donors (Lipinski definition) is 4. The lowest BCUT2D eigenvalue weighted by atomic mass is 10.0. The minimum atomic E-state index is -0.696. The van der Waals surface area contributed by atoms with Crippen LogP contribution in [0.3, 0.4) is 0 Å². The van der Waals surface area contributed by atoms with Crippen molar-refractivity contribution >= 4 is 23.3 Å². The molecule has 2 aromatic carbocycles. The predicted octanol–water partition coefficient (Wildman–Crippen LogP) is 3.79. The van der Waals surface area contributed by atoms with Crippen LogP contribution in [0.1, 0.15) is 17.9 Å². The van der Waals surface area contributed by atoms with E-state index >= 15 is 0 Å². The third-order valence-electron chi connectivity index (χ3n) is 5.70. The smallest absolute Gasteiger partial charge is 0.319 e. The van der Waals surface area contributed by atoms with Crippen molar-refractivity contribution < 1.29 is 24.0 Å². The summed E-state index contributed by atoms with van der Waals surface area (Å²) in [5.74, 6) is 0.277. The van der Waals surface area contributed by atoms with Crippen molar-refractivity contribution in [2.45, 2.75) is 38.5 Å². The second-order valence-electron chi connectivity index (χ2n) is 8.30. The molecule has 0 fully saturated rings. The van der Waals surface area contributed by atoms with Gasteiger partial charge in [-0.2, -0.15) is 0 Å². The van der Waals surface area contributed by atoms with Crippen LogP contribution in [0.15, 0.2) is 71.3 Å². The zero-order valence-electron chi connectivity index (χ0n) is 19.5. The van der Waals surface area contributed by atoms with Crippen LogP contribution in [0.25, 0.3) is 11.1 Å². The third-order valence-corrected chi connectivity index (χ3v) is 5.70. The summed E-state index contributed by atoms with van der Waals surface area (Å²) in [5, 5.41) is 21.9. The molecule has 35 heavy (non-hydrogen) atoms. The Bertz CT molecular complexity index is 1170. The zero-order chi connectivity index (χ0) is 24.8. The van der Waals surface area contributed by atoms with Crippen LogP contribution in [0.2, 0.25) is 0 Å². The SMILES string of the molecule is Cc1noc(C)c1NC(=O)N[C@H]1C=C[C@@H](CC(=O)Nc2ccc(-c3ccccc3)cc2)O[C@H]1CO. The molecule has 0 saturated carbocycles. The molecular weight excluding hydrogens is 448 g/mol. The number of aromatic nitrogens is 1. The first-order chi connectivity index (χ1) is 16.9. The number of hydrogen-bond acceptors (Lipinski definition) is 6. The summed E-state index contributed by atoms with van der Waals surface area (Å²) >= 11 is 0. The number of carbonyl (C=O) groups excluding carboxylic acids is 2. The molecule has 2 heterocycles. The highest BCUT2D eigenvalue weighted by molar-refractivity contribution is 5.92. The maximum absolute atomic E-state index is 12.5. The number of nitrogens with one attached hydrogen (secondary N) is 3. The Hall–Kier alpha value is -3.95. The van der Waals surface area contributed by atoms with Gasteiger partial charge in [0.05, 0.1) is 25.2 Å². The lowest BCUT2D eigenvalue weighted by Gasteiger charge is -2.31. The lowest BCUT2D eigenvalue weighted by Crippen LogP contribution is -2.50. The first-order valence-electron chi connectivity index (χ1n) is 11.3. The fourth-order valence-corrected chi connectivity index (χ4v) is 3.87. The summed E-state index contributed by atoms with van der Waals surface area (Å²) in [4.78, 5) is 24.9. The molecule has 3 atom stereocenters. The molecule has 182 valence electrons. The number of urea groups is 1. The van der Waals surface area contributed by atoms with Crippen molar-refractivity contribution in [1.29, 1.82) is 0 Å². The highest BCUT2D eigenvalue weighted by Gasteiger charge is 2.29. The number of rotatable bonds is 7. The van der Waals surface area contributed by atoms with Crippen LogP contribution in [0.5, 0.6) is 0 Å². The van der Waals surface area contributed by atoms with E-state index in [0.29, 0.717) is 22.8 Å². The van der Waals surface area contributed by atoms with Crippen molar-refractivity contribution in [2.24, 2.45) is 0 Å². The van der Waals surface area contributed by atoms with Gasteiger partial charge in [-0.1, -0.05) is 59.8 Å². The van der Waals surface area contributed by atoms with Gasteiger partial charge < -0.3 is 30.3 Å². The minimum absolute atomic E-state index is 0.0748. The number of ether oxygens (including phenoxy) is 1. The van der Waals surface area contributed by atoms with E-state index in [1.165, 1.54) is 0 Å². The second kappa shape index (κ2) is 11.0. The molecule has 3 amide bonds. The third kappa shape index (κ3) is 6.14. The number of benzene rings is 2. The average Bonchev–Trinajstić information content (AvgIpc) is 3.18. The van der Waals surface area contributed by atoms with Gasteiger partial charge in [-0.15, -0.1) is 0 Å². The van der Waals surface area contributed by atoms with Crippen LogP contribution in [-0.4, -0.2) is 47.1 Å². The summed E-state index contributed by atoms with van der Waals surface area (Å²) in [6.45, 7) is 3.10. The molecular formula is C26H28N4O5. The van der Waals surface area contributed by atoms with Crippen molar-refractivity contribution in [2.75, 3.05) is 17.2 Å². The number of aliphatic hydroxyl groups excluding tert-OH is 1. The number of aryl methyl sites for hydroxylation is 2. The monoisotopic (exact) mass is 476 g/mol. The molecule has 3 aromatic rings. The topological polar surface area (TPSA) is 126 Å². The first kappa shape index (κ1) is 24.2. The molecule has 0 spiro atoms. The molecule has 0 aliphatic carbocycles. The van der Waals surface area contributed by atoms with E-state index in [9.17, 15) is 14.7 Å². The van der Waals surface area contributed by atoms with Crippen LogP contribution in [-0.2, 0) is 9.53 Å². The number of nitrogens with zero attached hydrogens (tertiary/aromatic N) is 1. The van der Waals surface area contributed by atoms with Gasteiger partial charge in [0, 0.05) is 5.69 Å². The summed E-state index contributed by atoms with van der Waals surface area (Å²) < 4.78 is 10.9. The molecule has 0 saturated heterocycles. The van der Waals surface area contributed by atoms with Crippen LogP contribution >= 0.6 is 0 Å². The standard InChI is InChI=1S/C26H28N4O5/c1-16-25(17(2)35-30-16)29-26(33)28-22-13-12-21(34-23(22)15-31)14-24(32)27-20-10-8-19(9-11-20)18-6-4-3-5-7-18/h3-13,21-23,31H,14-15H2,1-2H3,(H,27,32)(H2,28,29,33)/t21-,22-,23-/m0/s1. The van der Waals surface area contributed by atoms with Crippen LogP contribution in [0.4, 0.5) is 16.2 Å². The summed E-state index contributed by atoms with van der Waals surface area (Å²) in [6, 6.07) is 16.5. The Labute approximate surface area is 203 Å². The zero-order valence-corrected chi connectivity index (χ0v) is 19.5. The summed E-state index contributed by atoms with van der Waals surface area (Å²) in [6.07, 6.45) is 2.29. The summed E-state index contributed by atoms with van der Waals surface area (Å²) in [5.41, 5.74) is 3.90. The van der Waals surface area contributed by atoms with Gasteiger partial charge in [-0.25, -0.2) is 4.79 Å². The van der Waals surface area contributed by atoms with E-state index in [2.05, 4.69) is 21.1 Å². The maximum atomic E-state index is 12.5. The molecule has 9 nitrogen and oxygen atoms in total. The van der Waals surface area contributed by atoms with Gasteiger partial charge >= 0.3 is 6.03 Å². The Morgan fingerprint density at radius 3 is 2.34 bits per heavy atom. The number of amides is 3. The highest BCUT2D eigenvalue weighted by Crippen LogP contribution is 2.22. The van der Waals surface area contributed by atoms with Gasteiger partial charge in [0.1, 0.15) is 17.5 Å². The Morgan fingerprint density at radius 1 is 0.971 bits per heavy atom. The highest BCUT2D eigenvalue weighted by atomic mass is 16.5. The Kier molecular flexibility index (Phi) is 7.59. The number of anilines is 2. The normalized spacial score (nSPS) is 19.2.